The minimum Gasteiger partial charge on any atom is -0.496 e. The van der Waals surface area contributed by atoms with Crippen molar-refractivity contribution in [3.63, 3.8) is 0 Å². The molecule has 102 valence electrons. The minimum atomic E-state index is -3.74. The van der Waals surface area contributed by atoms with E-state index in [0.29, 0.717) is 28.2 Å². The van der Waals surface area contributed by atoms with Crippen LogP contribution >= 0.6 is 12.2 Å². The number of hydrogen-bond acceptors (Lipinski definition) is 4. The Kier molecular flexibility index (Phi) is 3.07. The van der Waals surface area contributed by atoms with Crippen molar-refractivity contribution in [3.8, 4) is 5.75 Å². The molecule has 3 rings (SSSR count). The fourth-order valence-corrected chi connectivity index (χ4v) is 3.75. The Labute approximate surface area is 122 Å². The Balaban J connectivity index is 2.46. The van der Waals surface area contributed by atoms with Crippen LogP contribution in [0.4, 0.5) is 0 Å². The molecule has 0 aromatic heterocycles. The van der Waals surface area contributed by atoms with Gasteiger partial charge in [0.1, 0.15) is 10.6 Å². The monoisotopic (exact) mass is 305 g/mol. The minimum absolute atomic E-state index is 0.135. The van der Waals surface area contributed by atoms with Gasteiger partial charge in [0.2, 0.25) is 0 Å². The maximum absolute atomic E-state index is 12.3. The number of ether oxygens (including phenoxy) is 1. The molecule has 1 aliphatic carbocycles. The molecule has 0 N–H and O–H groups in total. The molecule has 6 heteroatoms. The van der Waals surface area contributed by atoms with Crippen molar-refractivity contribution in [1.82, 2.24) is 0 Å². The molecule has 0 amide bonds. The standard InChI is InChI=1S/C14H11NO3S2/c1-18-10-5-3-7-12-14(10)13-9(4-2-6-11(13)19)8-15-20(12,16)17/h2-5,7-8H,6H2,1H3. The lowest BCUT2D eigenvalue weighted by Crippen LogP contribution is -2.09. The van der Waals surface area contributed by atoms with Crippen molar-refractivity contribution in [2.24, 2.45) is 4.40 Å². The van der Waals surface area contributed by atoms with E-state index < -0.39 is 10.0 Å². The fraction of sp³-hybridized carbons (Fsp3) is 0.143. The van der Waals surface area contributed by atoms with E-state index in [1.807, 2.05) is 12.2 Å². The third kappa shape index (κ3) is 1.92. The van der Waals surface area contributed by atoms with Crippen LogP contribution in [0.5, 0.6) is 5.75 Å². The zero-order chi connectivity index (χ0) is 14.3. The van der Waals surface area contributed by atoms with E-state index in [2.05, 4.69) is 4.40 Å². The van der Waals surface area contributed by atoms with Gasteiger partial charge in [-0.25, -0.2) is 0 Å². The van der Waals surface area contributed by atoms with E-state index in [-0.39, 0.29) is 4.90 Å². The van der Waals surface area contributed by atoms with Crippen LogP contribution in [0.1, 0.15) is 12.0 Å². The first-order chi connectivity index (χ1) is 9.54. The van der Waals surface area contributed by atoms with Gasteiger partial charge in [-0.05, 0) is 12.1 Å². The Morgan fingerprint density at radius 1 is 1.35 bits per heavy atom. The first kappa shape index (κ1) is 13.2. The summed E-state index contributed by atoms with van der Waals surface area (Å²) >= 11 is 5.40. The second kappa shape index (κ2) is 4.64. The molecular formula is C14H11NO3S2. The smallest absolute Gasteiger partial charge is 0.283 e. The van der Waals surface area contributed by atoms with Crippen LogP contribution < -0.4 is 4.74 Å². The largest absolute Gasteiger partial charge is 0.496 e. The lowest BCUT2D eigenvalue weighted by atomic mass is 9.91. The quantitative estimate of drug-likeness (QED) is 0.748. The van der Waals surface area contributed by atoms with Gasteiger partial charge in [0.05, 0.1) is 7.11 Å². The number of rotatable bonds is 1. The molecule has 20 heavy (non-hydrogen) atoms. The summed E-state index contributed by atoms with van der Waals surface area (Å²) in [4.78, 5) is 0.826. The number of benzene rings is 1. The van der Waals surface area contributed by atoms with Crippen LogP contribution in [-0.4, -0.2) is 26.6 Å². The van der Waals surface area contributed by atoms with E-state index in [4.69, 9.17) is 17.0 Å². The maximum Gasteiger partial charge on any atom is 0.283 e. The first-order valence-corrected chi connectivity index (χ1v) is 7.81. The average Bonchev–Trinajstić information content (AvgIpc) is 2.55. The summed E-state index contributed by atoms with van der Waals surface area (Å²) in [6.45, 7) is 0. The van der Waals surface area contributed by atoms with Crippen molar-refractivity contribution < 1.29 is 13.2 Å². The molecule has 0 spiro atoms. The number of allylic oxidation sites excluding steroid dienone is 4. The number of hydrogen-bond donors (Lipinski definition) is 0. The summed E-state index contributed by atoms with van der Waals surface area (Å²) in [7, 11) is -2.23. The molecule has 0 radical (unpaired) electrons. The van der Waals surface area contributed by atoms with E-state index in [0.717, 1.165) is 5.57 Å². The van der Waals surface area contributed by atoms with Gasteiger partial charge in [0.25, 0.3) is 10.0 Å². The highest BCUT2D eigenvalue weighted by molar-refractivity contribution is 7.90. The second-order valence-corrected chi connectivity index (χ2v) is 6.50. The summed E-state index contributed by atoms with van der Waals surface area (Å²) in [5, 5.41) is 0. The summed E-state index contributed by atoms with van der Waals surface area (Å²) < 4.78 is 33.6. The van der Waals surface area contributed by atoms with E-state index >= 15 is 0 Å². The second-order valence-electron chi connectivity index (χ2n) is 4.40. The molecule has 0 saturated carbocycles. The summed E-state index contributed by atoms with van der Waals surface area (Å²) in [6.07, 6.45) is 5.71. The van der Waals surface area contributed by atoms with Gasteiger partial charge in [0, 0.05) is 34.2 Å². The molecule has 0 bridgehead atoms. The van der Waals surface area contributed by atoms with Crippen LogP contribution in [-0.2, 0) is 10.0 Å². The topological polar surface area (TPSA) is 55.7 Å². The lowest BCUT2D eigenvalue weighted by molar-refractivity contribution is 0.412. The molecule has 0 atom stereocenters. The zero-order valence-corrected chi connectivity index (χ0v) is 12.3. The van der Waals surface area contributed by atoms with Gasteiger partial charge < -0.3 is 4.74 Å². The van der Waals surface area contributed by atoms with Gasteiger partial charge in [-0.1, -0.05) is 30.4 Å². The molecule has 0 fully saturated rings. The molecule has 1 aliphatic heterocycles. The predicted octanol–water partition coefficient (Wildman–Crippen LogP) is 2.55. The number of sulfonamides is 1. The van der Waals surface area contributed by atoms with Gasteiger partial charge in [0.15, 0.2) is 0 Å². The fourth-order valence-electron chi connectivity index (χ4n) is 2.36. The van der Waals surface area contributed by atoms with E-state index in [9.17, 15) is 8.42 Å². The molecule has 1 aromatic carbocycles. The highest BCUT2D eigenvalue weighted by atomic mass is 32.2. The average molecular weight is 305 g/mol. The van der Waals surface area contributed by atoms with Crippen molar-refractivity contribution in [2.75, 3.05) is 7.11 Å². The first-order valence-electron chi connectivity index (χ1n) is 5.96. The van der Waals surface area contributed by atoms with Crippen LogP contribution in [0.3, 0.4) is 0 Å². The summed E-state index contributed by atoms with van der Waals surface area (Å²) in [5.74, 6) is 0.488. The predicted molar refractivity (Wildman–Crippen MR) is 81.9 cm³/mol. The number of thiocarbonyl (C=S) groups is 1. The molecule has 0 saturated heterocycles. The molecule has 0 unspecified atom stereocenters. The highest BCUT2D eigenvalue weighted by Crippen LogP contribution is 2.39. The van der Waals surface area contributed by atoms with E-state index in [1.54, 1.807) is 12.1 Å². The van der Waals surface area contributed by atoms with Crippen LogP contribution in [0, 0.1) is 0 Å². The molecular weight excluding hydrogens is 294 g/mol. The van der Waals surface area contributed by atoms with Crippen LogP contribution in [0.2, 0.25) is 0 Å². The SMILES string of the molecule is COc1cccc2c1C1=C(C=CCC1=S)C=NS2(=O)=O. The third-order valence-electron chi connectivity index (χ3n) is 3.23. The Bertz CT molecular complexity index is 802. The van der Waals surface area contributed by atoms with E-state index in [1.165, 1.54) is 19.4 Å². The normalized spacial score (nSPS) is 19.4. The van der Waals surface area contributed by atoms with Gasteiger partial charge in [-0.2, -0.15) is 12.8 Å². The van der Waals surface area contributed by atoms with Crippen molar-refractivity contribution >= 4 is 38.9 Å². The summed E-state index contributed by atoms with van der Waals surface area (Å²) in [6, 6.07) is 4.89. The highest BCUT2D eigenvalue weighted by Gasteiger charge is 2.29. The van der Waals surface area contributed by atoms with Crippen LogP contribution in [0.25, 0.3) is 5.57 Å². The molecule has 2 aliphatic rings. The Hall–Kier alpha value is -1.79. The van der Waals surface area contributed by atoms with Crippen LogP contribution in [0.15, 0.2) is 45.2 Å². The summed E-state index contributed by atoms with van der Waals surface area (Å²) in [5.41, 5.74) is 1.93. The third-order valence-corrected chi connectivity index (χ3v) is 4.88. The Morgan fingerprint density at radius 3 is 2.90 bits per heavy atom. The molecule has 1 aromatic rings. The number of fused-ring (bicyclic) bond motifs is 2. The molecule has 1 heterocycles. The van der Waals surface area contributed by atoms with Gasteiger partial charge >= 0.3 is 0 Å². The number of nitrogens with zero attached hydrogens (tertiary/aromatic N) is 1. The van der Waals surface area contributed by atoms with Crippen molar-refractivity contribution in [3.05, 3.63) is 41.5 Å². The van der Waals surface area contributed by atoms with Crippen molar-refractivity contribution in [2.45, 2.75) is 11.3 Å². The maximum atomic E-state index is 12.3. The lowest BCUT2D eigenvalue weighted by Gasteiger charge is -2.18. The Morgan fingerprint density at radius 2 is 2.15 bits per heavy atom. The van der Waals surface area contributed by atoms with Crippen molar-refractivity contribution in [1.29, 1.82) is 0 Å². The van der Waals surface area contributed by atoms with Gasteiger partial charge in [-0.3, -0.25) is 0 Å². The zero-order valence-electron chi connectivity index (χ0n) is 10.7. The molecule has 4 nitrogen and oxygen atoms in total. The van der Waals surface area contributed by atoms with Gasteiger partial charge in [-0.15, -0.1) is 0 Å². The number of methoxy groups -OCH3 is 1.